The third-order valence-corrected chi connectivity index (χ3v) is 3.09. The van der Waals surface area contributed by atoms with Crippen molar-refractivity contribution >= 4 is 5.69 Å². The second kappa shape index (κ2) is 3.65. The summed E-state index contributed by atoms with van der Waals surface area (Å²) >= 11 is 0. The number of para-hydroxylation sites is 1. The molecule has 0 unspecified atom stereocenters. The lowest BCUT2D eigenvalue weighted by Crippen LogP contribution is -2.19. The Morgan fingerprint density at radius 2 is 1.62 bits per heavy atom. The van der Waals surface area contributed by atoms with Gasteiger partial charge in [-0.25, -0.2) is 0 Å². The van der Waals surface area contributed by atoms with Gasteiger partial charge in [0.2, 0.25) is 0 Å². The molecule has 2 aromatic carbocycles. The third-order valence-electron chi connectivity index (χ3n) is 3.09. The molecule has 1 aliphatic rings. The molecule has 3 rings (SSSR count). The summed E-state index contributed by atoms with van der Waals surface area (Å²) in [4.78, 5) is 0. The van der Waals surface area contributed by atoms with E-state index in [0.717, 1.165) is 6.54 Å². The molecule has 80 valence electrons. The maximum absolute atomic E-state index is 6.16. The molecule has 2 nitrogen and oxygen atoms in total. The summed E-state index contributed by atoms with van der Waals surface area (Å²) in [6.07, 6.45) is 0. The fraction of sp³-hybridized carbons (Fsp3) is 0.143. The van der Waals surface area contributed by atoms with Crippen molar-refractivity contribution in [1.82, 2.24) is 0 Å². The van der Waals surface area contributed by atoms with E-state index < -0.39 is 0 Å². The first kappa shape index (κ1) is 9.43. The number of fused-ring (bicyclic) bond motifs is 3. The Hall–Kier alpha value is -1.80. The summed E-state index contributed by atoms with van der Waals surface area (Å²) in [5, 5.41) is 3.40. The molecule has 2 heteroatoms. The first-order valence-corrected chi connectivity index (χ1v) is 5.54. The lowest BCUT2D eigenvalue weighted by atomic mass is 9.96. The molecule has 0 radical (unpaired) electrons. The van der Waals surface area contributed by atoms with Crippen molar-refractivity contribution in [2.75, 3.05) is 11.9 Å². The van der Waals surface area contributed by atoms with E-state index in [1.54, 1.807) is 0 Å². The van der Waals surface area contributed by atoms with E-state index in [0.29, 0.717) is 0 Å². The molecule has 2 aromatic rings. The van der Waals surface area contributed by atoms with Gasteiger partial charge in [-0.2, -0.15) is 0 Å². The minimum atomic E-state index is 0.0589. The Morgan fingerprint density at radius 1 is 0.938 bits per heavy atom. The van der Waals surface area contributed by atoms with Crippen molar-refractivity contribution in [1.29, 1.82) is 0 Å². The van der Waals surface area contributed by atoms with Crippen LogP contribution in [0.1, 0.15) is 11.6 Å². The summed E-state index contributed by atoms with van der Waals surface area (Å²) in [5.74, 6) is 0. The smallest absolute Gasteiger partial charge is 0.0476 e. The van der Waals surface area contributed by atoms with Gasteiger partial charge in [0.1, 0.15) is 0 Å². The number of hydrogen-bond acceptors (Lipinski definition) is 2. The van der Waals surface area contributed by atoms with Crippen LogP contribution < -0.4 is 11.1 Å². The minimum Gasteiger partial charge on any atom is -0.383 e. The van der Waals surface area contributed by atoms with E-state index in [1.807, 2.05) is 12.1 Å². The molecule has 0 aromatic heterocycles. The molecule has 16 heavy (non-hydrogen) atoms. The fourth-order valence-electron chi connectivity index (χ4n) is 2.27. The average molecular weight is 210 g/mol. The van der Waals surface area contributed by atoms with E-state index >= 15 is 0 Å². The van der Waals surface area contributed by atoms with Crippen LogP contribution in [0.5, 0.6) is 0 Å². The Labute approximate surface area is 95.1 Å². The highest BCUT2D eigenvalue weighted by atomic mass is 14.9. The predicted molar refractivity (Wildman–Crippen MR) is 67.3 cm³/mol. The molecule has 1 aliphatic heterocycles. The zero-order valence-corrected chi connectivity index (χ0v) is 8.98. The summed E-state index contributed by atoms with van der Waals surface area (Å²) in [6.45, 7) is 0.786. The summed E-state index contributed by atoms with van der Waals surface area (Å²) in [6, 6.07) is 16.8. The first-order chi connectivity index (χ1) is 7.86. The van der Waals surface area contributed by atoms with Crippen LogP contribution in [0.4, 0.5) is 5.69 Å². The molecule has 0 spiro atoms. The number of rotatable bonds is 0. The molecule has 0 fully saturated rings. The SMILES string of the molecule is N[C@@H]1CNc2ccccc2-c2ccccc21. The van der Waals surface area contributed by atoms with E-state index in [4.69, 9.17) is 5.73 Å². The van der Waals surface area contributed by atoms with Crippen LogP contribution in [0.2, 0.25) is 0 Å². The Kier molecular flexibility index (Phi) is 2.15. The van der Waals surface area contributed by atoms with Crippen LogP contribution in [0.25, 0.3) is 11.1 Å². The van der Waals surface area contributed by atoms with E-state index in [1.165, 1.54) is 22.4 Å². The molecule has 0 amide bonds. The van der Waals surface area contributed by atoms with Crippen molar-refractivity contribution in [2.45, 2.75) is 6.04 Å². The van der Waals surface area contributed by atoms with E-state index in [2.05, 4.69) is 41.7 Å². The molecule has 1 atom stereocenters. The molecule has 3 N–H and O–H groups in total. The largest absolute Gasteiger partial charge is 0.383 e. The summed E-state index contributed by atoms with van der Waals surface area (Å²) in [7, 11) is 0. The van der Waals surface area contributed by atoms with Gasteiger partial charge in [0.05, 0.1) is 0 Å². The number of nitrogens with two attached hydrogens (primary N) is 1. The van der Waals surface area contributed by atoms with E-state index in [9.17, 15) is 0 Å². The van der Waals surface area contributed by atoms with Gasteiger partial charge in [-0.05, 0) is 17.2 Å². The molecular formula is C14H14N2. The molecule has 0 bridgehead atoms. The van der Waals surface area contributed by atoms with Crippen LogP contribution in [0.3, 0.4) is 0 Å². The molecular weight excluding hydrogens is 196 g/mol. The minimum absolute atomic E-state index is 0.0589. The van der Waals surface area contributed by atoms with Crippen molar-refractivity contribution in [3.63, 3.8) is 0 Å². The van der Waals surface area contributed by atoms with Gasteiger partial charge in [-0.1, -0.05) is 42.5 Å². The average Bonchev–Trinajstić information content (AvgIpc) is 2.49. The number of anilines is 1. The van der Waals surface area contributed by atoms with Crippen LogP contribution in [0.15, 0.2) is 48.5 Å². The molecule has 0 saturated heterocycles. The van der Waals surface area contributed by atoms with Gasteiger partial charge in [0.25, 0.3) is 0 Å². The standard InChI is InChI=1S/C14H14N2/c15-13-9-16-14-8-4-3-7-12(14)10-5-1-2-6-11(10)13/h1-8,13,16H,9,15H2/t13-/m1/s1. The fourth-order valence-corrected chi connectivity index (χ4v) is 2.27. The van der Waals surface area contributed by atoms with Crippen LogP contribution in [0, 0.1) is 0 Å². The zero-order chi connectivity index (χ0) is 11.0. The zero-order valence-electron chi connectivity index (χ0n) is 8.98. The van der Waals surface area contributed by atoms with Gasteiger partial charge >= 0.3 is 0 Å². The van der Waals surface area contributed by atoms with E-state index in [-0.39, 0.29) is 6.04 Å². The number of nitrogens with one attached hydrogen (secondary N) is 1. The van der Waals surface area contributed by atoms with Gasteiger partial charge in [-0.15, -0.1) is 0 Å². The Balaban J connectivity index is 2.28. The predicted octanol–water partition coefficient (Wildman–Crippen LogP) is 2.78. The molecule has 0 aliphatic carbocycles. The third kappa shape index (κ3) is 1.39. The Bertz CT molecular complexity index is 520. The summed E-state index contributed by atoms with van der Waals surface area (Å²) < 4.78 is 0. The van der Waals surface area contributed by atoms with Crippen molar-refractivity contribution in [3.05, 3.63) is 54.1 Å². The van der Waals surface area contributed by atoms with Crippen molar-refractivity contribution < 1.29 is 0 Å². The maximum atomic E-state index is 6.16. The van der Waals surface area contributed by atoms with Crippen LogP contribution >= 0.6 is 0 Å². The number of benzene rings is 2. The topological polar surface area (TPSA) is 38.0 Å². The first-order valence-electron chi connectivity index (χ1n) is 5.54. The normalized spacial score (nSPS) is 17.9. The van der Waals surface area contributed by atoms with Gasteiger partial charge < -0.3 is 11.1 Å². The van der Waals surface area contributed by atoms with Gasteiger partial charge in [0.15, 0.2) is 0 Å². The van der Waals surface area contributed by atoms with Crippen molar-refractivity contribution in [3.8, 4) is 11.1 Å². The molecule has 0 saturated carbocycles. The lowest BCUT2D eigenvalue weighted by molar-refractivity contribution is 0.772. The number of hydrogen-bond donors (Lipinski definition) is 2. The summed E-state index contributed by atoms with van der Waals surface area (Å²) in [5.41, 5.74) is 11.0. The molecule has 1 heterocycles. The Morgan fingerprint density at radius 3 is 2.50 bits per heavy atom. The quantitative estimate of drug-likeness (QED) is 0.701. The van der Waals surface area contributed by atoms with Crippen LogP contribution in [-0.2, 0) is 0 Å². The second-order valence-corrected chi connectivity index (χ2v) is 4.12. The highest BCUT2D eigenvalue weighted by Gasteiger charge is 2.17. The van der Waals surface area contributed by atoms with Gasteiger partial charge in [0, 0.05) is 23.8 Å². The van der Waals surface area contributed by atoms with Crippen molar-refractivity contribution in [2.24, 2.45) is 5.73 Å². The second-order valence-electron chi connectivity index (χ2n) is 4.12. The lowest BCUT2D eigenvalue weighted by Gasteiger charge is -2.11. The maximum Gasteiger partial charge on any atom is 0.0476 e. The highest BCUT2D eigenvalue weighted by molar-refractivity contribution is 5.81. The van der Waals surface area contributed by atoms with Crippen LogP contribution in [-0.4, -0.2) is 6.54 Å². The highest BCUT2D eigenvalue weighted by Crippen LogP contribution is 2.35. The monoisotopic (exact) mass is 210 g/mol. The van der Waals surface area contributed by atoms with Gasteiger partial charge in [-0.3, -0.25) is 0 Å².